The fourth-order valence-corrected chi connectivity index (χ4v) is 12.0. The summed E-state index contributed by atoms with van der Waals surface area (Å²) < 4.78 is 68.0. The van der Waals surface area contributed by atoms with Gasteiger partial charge in [0, 0.05) is 25.7 Å². The van der Waals surface area contributed by atoms with Crippen LogP contribution in [0.5, 0.6) is 0 Å². The molecule has 522 valence electrons. The Kier molecular flexibility index (Phi) is 59.9. The zero-order valence-electron chi connectivity index (χ0n) is 57.0. The Bertz CT molecular complexity index is 1720. The number of unbranched alkanes of at least 4 members (excludes halogenated alkanes) is 38. The van der Waals surface area contributed by atoms with Crippen molar-refractivity contribution in [2.45, 2.75) is 368 Å². The summed E-state index contributed by atoms with van der Waals surface area (Å²) >= 11 is 0. The fourth-order valence-electron chi connectivity index (χ4n) is 10.4. The largest absolute Gasteiger partial charge is 0.472 e. The number of phosphoric ester groups is 2. The first kappa shape index (κ1) is 86.1. The molecule has 0 aliphatic rings. The number of rotatable bonds is 68. The van der Waals surface area contributed by atoms with E-state index in [-0.39, 0.29) is 25.7 Å². The van der Waals surface area contributed by atoms with E-state index < -0.39 is 97.5 Å². The highest BCUT2D eigenvalue weighted by atomic mass is 31.2. The molecule has 88 heavy (non-hydrogen) atoms. The lowest BCUT2D eigenvalue weighted by Gasteiger charge is -2.21. The van der Waals surface area contributed by atoms with Crippen molar-refractivity contribution in [2.75, 3.05) is 39.6 Å². The average Bonchev–Trinajstić information content (AvgIpc) is 3.54. The summed E-state index contributed by atoms with van der Waals surface area (Å²) in [4.78, 5) is 72.2. The number of carbonyl (C=O) groups is 4. The van der Waals surface area contributed by atoms with E-state index in [0.717, 1.165) is 108 Å². The summed E-state index contributed by atoms with van der Waals surface area (Å²) in [5.41, 5.74) is 0. The summed E-state index contributed by atoms with van der Waals surface area (Å²) in [6.45, 7) is 9.44. The standard InChI is InChI=1S/C69H134O17P2/c1-7-9-11-13-14-15-16-17-18-19-20-21-22-30-35-41-47-53-69(74)86-65(58-80-67(72)52-46-40-34-29-25-23-27-32-38-43-49-61(3)4)60-84-88(77,78)82-56-63(70)55-81-87(75,76)83-59-64(57-79-66(71)51-45-37-12-10-8-2)85-68(73)54-48-42-36-31-26-24-28-33-39-44-50-62(5)6/h61-65,70H,7-60H2,1-6H3,(H,75,76)(H,77,78)/t63-,64+,65+/m0/s1. The van der Waals surface area contributed by atoms with Gasteiger partial charge in [-0.05, 0) is 37.5 Å². The van der Waals surface area contributed by atoms with E-state index >= 15 is 0 Å². The Morgan fingerprint density at radius 3 is 0.773 bits per heavy atom. The minimum absolute atomic E-state index is 0.105. The van der Waals surface area contributed by atoms with Gasteiger partial charge in [0.1, 0.15) is 19.3 Å². The van der Waals surface area contributed by atoms with E-state index in [2.05, 4.69) is 41.5 Å². The average molecular weight is 1300 g/mol. The van der Waals surface area contributed by atoms with Crippen molar-refractivity contribution in [3.05, 3.63) is 0 Å². The van der Waals surface area contributed by atoms with E-state index in [0.29, 0.717) is 25.7 Å². The molecule has 0 heterocycles. The van der Waals surface area contributed by atoms with E-state index in [9.17, 15) is 43.2 Å². The SMILES string of the molecule is CCCCCCCCCCCCCCCCCCCC(=O)O[C@H](COC(=O)CCCCCCCCCCCCC(C)C)COP(=O)(O)OC[C@@H](O)COP(=O)(O)OC[C@@H](COC(=O)CCCCCCC)OC(=O)CCCCCCCCCCCCC(C)C. The van der Waals surface area contributed by atoms with Gasteiger partial charge in [0.2, 0.25) is 0 Å². The highest BCUT2D eigenvalue weighted by Gasteiger charge is 2.30. The van der Waals surface area contributed by atoms with Gasteiger partial charge in [-0.1, -0.05) is 298 Å². The van der Waals surface area contributed by atoms with Gasteiger partial charge < -0.3 is 33.8 Å². The van der Waals surface area contributed by atoms with Crippen molar-refractivity contribution < 1.29 is 80.2 Å². The van der Waals surface area contributed by atoms with Crippen molar-refractivity contribution in [2.24, 2.45) is 11.8 Å². The summed E-state index contributed by atoms with van der Waals surface area (Å²) in [7, 11) is -9.89. The van der Waals surface area contributed by atoms with Crippen LogP contribution in [0.4, 0.5) is 0 Å². The predicted molar refractivity (Wildman–Crippen MR) is 354 cm³/mol. The van der Waals surface area contributed by atoms with Crippen LogP contribution < -0.4 is 0 Å². The van der Waals surface area contributed by atoms with Crippen LogP contribution in [-0.4, -0.2) is 96.7 Å². The van der Waals surface area contributed by atoms with Crippen molar-refractivity contribution in [1.82, 2.24) is 0 Å². The second kappa shape index (κ2) is 61.3. The van der Waals surface area contributed by atoms with Gasteiger partial charge in [-0.25, -0.2) is 9.13 Å². The second-order valence-corrected chi connectivity index (χ2v) is 28.8. The van der Waals surface area contributed by atoms with Crippen LogP contribution in [0, 0.1) is 11.8 Å². The van der Waals surface area contributed by atoms with Gasteiger partial charge >= 0.3 is 39.5 Å². The minimum Gasteiger partial charge on any atom is -0.462 e. The maximum Gasteiger partial charge on any atom is 0.472 e. The minimum atomic E-state index is -4.95. The maximum absolute atomic E-state index is 13.0. The number of ether oxygens (including phenoxy) is 4. The molecule has 0 bridgehead atoms. The van der Waals surface area contributed by atoms with Crippen LogP contribution in [0.3, 0.4) is 0 Å². The highest BCUT2D eigenvalue weighted by molar-refractivity contribution is 7.47. The lowest BCUT2D eigenvalue weighted by molar-refractivity contribution is -0.161. The van der Waals surface area contributed by atoms with Gasteiger partial charge in [-0.2, -0.15) is 0 Å². The van der Waals surface area contributed by atoms with Crippen molar-refractivity contribution in [1.29, 1.82) is 0 Å². The Morgan fingerprint density at radius 2 is 0.523 bits per heavy atom. The highest BCUT2D eigenvalue weighted by Crippen LogP contribution is 2.45. The molecule has 0 aromatic carbocycles. The predicted octanol–water partition coefficient (Wildman–Crippen LogP) is 19.6. The van der Waals surface area contributed by atoms with E-state index in [1.54, 1.807) is 0 Å². The molecule has 0 saturated heterocycles. The maximum atomic E-state index is 13.0. The molecule has 5 atom stereocenters. The number of hydrogen-bond acceptors (Lipinski definition) is 15. The van der Waals surface area contributed by atoms with Crippen molar-refractivity contribution in [3.8, 4) is 0 Å². The van der Waals surface area contributed by atoms with Gasteiger partial charge in [0.05, 0.1) is 26.4 Å². The molecule has 19 heteroatoms. The number of phosphoric acid groups is 2. The molecule has 2 unspecified atom stereocenters. The Morgan fingerprint density at radius 1 is 0.307 bits per heavy atom. The molecule has 0 amide bonds. The molecule has 3 N–H and O–H groups in total. The number of carbonyl (C=O) groups excluding carboxylic acids is 4. The lowest BCUT2D eigenvalue weighted by atomic mass is 10.0. The summed E-state index contributed by atoms with van der Waals surface area (Å²) in [6.07, 6.45) is 46.2. The van der Waals surface area contributed by atoms with Crippen LogP contribution in [0.2, 0.25) is 0 Å². The topological polar surface area (TPSA) is 237 Å². The molecule has 0 fully saturated rings. The van der Waals surface area contributed by atoms with E-state index in [1.807, 2.05) is 0 Å². The van der Waals surface area contributed by atoms with Gasteiger partial charge in [-0.3, -0.25) is 37.3 Å². The molecule has 0 rings (SSSR count). The summed E-state index contributed by atoms with van der Waals surface area (Å²) in [6, 6.07) is 0. The Hall–Kier alpha value is -1.94. The lowest BCUT2D eigenvalue weighted by Crippen LogP contribution is -2.30. The third-order valence-corrected chi connectivity index (χ3v) is 17.9. The quantitative estimate of drug-likeness (QED) is 0.0222. The van der Waals surface area contributed by atoms with Crippen LogP contribution >= 0.6 is 15.6 Å². The van der Waals surface area contributed by atoms with Gasteiger partial charge in [-0.15, -0.1) is 0 Å². The number of hydrogen-bond donors (Lipinski definition) is 3. The van der Waals surface area contributed by atoms with Crippen LogP contribution in [-0.2, 0) is 65.4 Å². The number of aliphatic hydroxyl groups excluding tert-OH is 1. The van der Waals surface area contributed by atoms with E-state index in [1.165, 1.54) is 161 Å². The number of aliphatic hydroxyl groups is 1. The third-order valence-electron chi connectivity index (χ3n) is 16.0. The third kappa shape index (κ3) is 62.8. The van der Waals surface area contributed by atoms with Crippen LogP contribution in [0.25, 0.3) is 0 Å². The number of esters is 4. The monoisotopic (exact) mass is 1300 g/mol. The first-order valence-corrected chi connectivity index (χ1v) is 39.0. The zero-order valence-corrected chi connectivity index (χ0v) is 58.8. The fraction of sp³-hybridized carbons (Fsp3) is 0.942. The normalized spacial score (nSPS) is 14.2. The molecule has 0 aromatic heterocycles. The van der Waals surface area contributed by atoms with Crippen LogP contribution in [0.15, 0.2) is 0 Å². The summed E-state index contributed by atoms with van der Waals surface area (Å²) in [5.74, 6) is -0.625. The van der Waals surface area contributed by atoms with Gasteiger partial charge in [0.25, 0.3) is 0 Å². The molecular formula is C69H134O17P2. The first-order valence-electron chi connectivity index (χ1n) is 36.0. The van der Waals surface area contributed by atoms with E-state index in [4.69, 9.17) is 37.0 Å². The smallest absolute Gasteiger partial charge is 0.462 e. The molecule has 0 spiro atoms. The molecule has 0 radical (unpaired) electrons. The molecule has 0 aromatic rings. The molecule has 0 saturated carbocycles. The van der Waals surface area contributed by atoms with Crippen molar-refractivity contribution >= 4 is 39.5 Å². The van der Waals surface area contributed by atoms with Gasteiger partial charge in [0.15, 0.2) is 12.2 Å². The van der Waals surface area contributed by atoms with Crippen LogP contribution in [0.1, 0.15) is 350 Å². The second-order valence-electron chi connectivity index (χ2n) is 25.9. The summed E-state index contributed by atoms with van der Waals surface area (Å²) in [5, 5.41) is 10.6. The first-order chi connectivity index (χ1) is 42.4. The Labute approximate surface area is 537 Å². The Balaban J connectivity index is 5.16. The molecule has 0 aliphatic carbocycles. The molecule has 0 aliphatic heterocycles. The van der Waals surface area contributed by atoms with Crippen molar-refractivity contribution in [3.63, 3.8) is 0 Å². The molecule has 17 nitrogen and oxygen atoms in total. The molecular weight excluding hydrogens is 1160 g/mol. The zero-order chi connectivity index (χ0) is 65.0.